The first-order valence-electron chi connectivity index (χ1n) is 7.16. The minimum atomic E-state index is -0.330. The number of halogens is 1. The van der Waals surface area contributed by atoms with E-state index in [0.717, 1.165) is 5.56 Å². The fourth-order valence-electron chi connectivity index (χ4n) is 1.81. The van der Waals surface area contributed by atoms with Crippen molar-refractivity contribution in [3.63, 3.8) is 0 Å². The third-order valence-electron chi connectivity index (χ3n) is 2.99. The van der Waals surface area contributed by atoms with E-state index in [4.69, 9.17) is 11.6 Å². The van der Waals surface area contributed by atoms with Crippen LogP contribution in [0.1, 0.15) is 22.8 Å². The van der Waals surface area contributed by atoms with Gasteiger partial charge in [0.05, 0.1) is 16.3 Å². The van der Waals surface area contributed by atoms with Crippen LogP contribution in [0.5, 0.6) is 0 Å². The van der Waals surface area contributed by atoms with Gasteiger partial charge in [0.2, 0.25) is 0 Å². The van der Waals surface area contributed by atoms with Gasteiger partial charge in [-0.2, -0.15) is 5.10 Å². The quantitative estimate of drug-likeness (QED) is 0.483. The molecule has 0 saturated heterocycles. The number of benzene rings is 2. The molecular formula is C19H17ClN2O. The molecule has 0 unspecified atom stereocenters. The Morgan fingerprint density at radius 3 is 2.48 bits per heavy atom. The molecule has 1 amide bonds. The topological polar surface area (TPSA) is 41.5 Å². The van der Waals surface area contributed by atoms with E-state index >= 15 is 0 Å². The largest absolute Gasteiger partial charge is 0.272 e. The average molecular weight is 325 g/mol. The summed E-state index contributed by atoms with van der Waals surface area (Å²) in [4.78, 5) is 11.9. The monoisotopic (exact) mass is 324 g/mol. The number of hydrogen-bond donors (Lipinski definition) is 1. The van der Waals surface area contributed by atoms with Crippen molar-refractivity contribution < 1.29 is 4.79 Å². The Hall–Kier alpha value is -2.65. The van der Waals surface area contributed by atoms with Gasteiger partial charge in [0, 0.05) is 0 Å². The molecule has 0 atom stereocenters. The second-order valence-electron chi connectivity index (χ2n) is 4.80. The first kappa shape index (κ1) is 16.7. The van der Waals surface area contributed by atoms with E-state index < -0.39 is 0 Å². The number of carbonyl (C=O) groups excluding carboxylic acids is 1. The van der Waals surface area contributed by atoms with Gasteiger partial charge in [0.1, 0.15) is 0 Å². The highest BCUT2D eigenvalue weighted by Crippen LogP contribution is 2.14. The highest BCUT2D eigenvalue weighted by Gasteiger charge is 2.07. The van der Waals surface area contributed by atoms with Crippen LogP contribution in [0.2, 0.25) is 5.02 Å². The maximum Gasteiger partial charge on any atom is 0.272 e. The van der Waals surface area contributed by atoms with Gasteiger partial charge in [0.25, 0.3) is 5.91 Å². The molecule has 0 aliphatic rings. The van der Waals surface area contributed by atoms with Crippen molar-refractivity contribution in [2.24, 2.45) is 5.10 Å². The summed E-state index contributed by atoms with van der Waals surface area (Å²) in [5.41, 5.74) is 4.70. The van der Waals surface area contributed by atoms with Gasteiger partial charge in [-0.05, 0) is 30.7 Å². The van der Waals surface area contributed by atoms with Crippen LogP contribution >= 0.6 is 11.6 Å². The fourth-order valence-corrected chi connectivity index (χ4v) is 2.03. The van der Waals surface area contributed by atoms with E-state index in [-0.39, 0.29) is 5.91 Å². The molecule has 0 aromatic heterocycles. The highest BCUT2D eigenvalue weighted by atomic mass is 35.5. The predicted molar refractivity (Wildman–Crippen MR) is 96.6 cm³/mol. The van der Waals surface area contributed by atoms with Crippen LogP contribution in [-0.4, -0.2) is 11.6 Å². The van der Waals surface area contributed by atoms with Gasteiger partial charge in [-0.25, -0.2) is 5.43 Å². The number of rotatable bonds is 5. The van der Waals surface area contributed by atoms with E-state index in [2.05, 4.69) is 10.5 Å². The predicted octanol–water partition coefficient (Wildman–Crippen LogP) is 4.72. The zero-order chi connectivity index (χ0) is 16.5. The lowest BCUT2D eigenvalue weighted by molar-refractivity contribution is 0.0955. The summed E-state index contributed by atoms with van der Waals surface area (Å²) >= 11 is 5.96. The Kier molecular flexibility index (Phi) is 6.33. The zero-order valence-corrected chi connectivity index (χ0v) is 13.5. The average Bonchev–Trinajstić information content (AvgIpc) is 2.58. The smallest absolute Gasteiger partial charge is 0.267 e. The maximum atomic E-state index is 11.9. The first-order valence-corrected chi connectivity index (χ1v) is 7.53. The Bertz CT molecular complexity index is 749. The van der Waals surface area contributed by atoms with Gasteiger partial charge in [0.15, 0.2) is 0 Å². The van der Waals surface area contributed by atoms with E-state index in [1.165, 1.54) is 0 Å². The number of hydrogen-bond acceptors (Lipinski definition) is 2. The van der Waals surface area contributed by atoms with Crippen LogP contribution in [0.25, 0.3) is 6.08 Å². The molecule has 23 heavy (non-hydrogen) atoms. The van der Waals surface area contributed by atoms with Crippen LogP contribution in [0.15, 0.2) is 77.9 Å². The van der Waals surface area contributed by atoms with E-state index in [1.54, 1.807) is 31.2 Å². The van der Waals surface area contributed by atoms with E-state index in [1.807, 2.05) is 54.6 Å². The van der Waals surface area contributed by atoms with Crippen molar-refractivity contribution in [2.75, 3.05) is 0 Å². The molecule has 0 aliphatic heterocycles. The number of amides is 1. The molecule has 0 heterocycles. The lowest BCUT2D eigenvalue weighted by Crippen LogP contribution is -2.19. The van der Waals surface area contributed by atoms with Crippen molar-refractivity contribution in [3.05, 3.63) is 89.0 Å². The second-order valence-corrected chi connectivity index (χ2v) is 5.21. The van der Waals surface area contributed by atoms with Crippen molar-refractivity contribution in [1.29, 1.82) is 0 Å². The molecule has 0 spiro atoms. The number of nitrogens with zero attached hydrogens (tertiary/aromatic N) is 1. The lowest BCUT2D eigenvalue weighted by atomic mass is 10.2. The molecular weight excluding hydrogens is 308 g/mol. The molecule has 0 radical (unpaired) electrons. The maximum absolute atomic E-state index is 11.9. The zero-order valence-electron chi connectivity index (χ0n) is 12.7. The van der Waals surface area contributed by atoms with Crippen LogP contribution in [0.4, 0.5) is 0 Å². The van der Waals surface area contributed by atoms with Gasteiger partial charge in [-0.1, -0.05) is 72.3 Å². The van der Waals surface area contributed by atoms with Crippen molar-refractivity contribution in [3.8, 4) is 0 Å². The van der Waals surface area contributed by atoms with E-state index in [0.29, 0.717) is 16.3 Å². The molecule has 1 N–H and O–H groups in total. The van der Waals surface area contributed by atoms with Gasteiger partial charge in [-0.3, -0.25) is 4.79 Å². The van der Waals surface area contributed by atoms with Crippen LogP contribution in [-0.2, 0) is 0 Å². The summed E-state index contributed by atoms with van der Waals surface area (Å²) in [6.45, 7) is 1.81. The molecule has 0 aliphatic carbocycles. The molecule has 116 valence electrons. The Morgan fingerprint density at radius 2 is 1.74 bits per heavy atom. The molecule has 4 heteroatoms. The summed E-state index contributed by atoms with van der Waals surface area (Å²) in [5.74, 6) is -0.330. The van der Waals surface area contributed by atoms with Crippen molar-refractivity contribution in [1.82, 2.24) is 5.43 Å². The van der Waals surface area contributed by atoms with Crippen molar-refractivity contribution >= 4 is 29.3 Å². The number of hydrazone groups is 1. The molecule has 2 rings (SSSR count). The standard InChI is InChI=1S/C19H17ClN2O/c1-15(9-5-6-12-16-10-3-2-4-11-16)21-22-19(23)17-13-7-8-14-18(17)20/h2-14H,1H3,(H,22,23)/b9-5+,12-6+,21-15-. The third-order valence-corrected chi connectivity index (χ3v) is 3.32. The summed E-state index contributed by atoms with van der Waals surface area (Å²) in [6, 6.07) is 16.8. The number of allylic oxidation sites excluding steroid dienone is 3. The Balaban J connectivity index is 1.90. The Morgan fingerprint density at radius 1 is 1.04 bits per heavy atom. The molecule has 0 bridgehead atoms. The van der Waals surface area contributed by atoms with Crippen LogP contribution < -0.4 is 5.43 Å². The van der Waals surface area contributed by atoms with Crippen LogP contribution in [0.3, 0.4) is 0 Å². The third kappa shape index (κ3) is 5.57. The molecule has 0 saturated carbocycles. The summed E-state index contributed by atoms with van der Waals surface area (Å²) in [6.07, 6.45) is 7.59. The van der Waals surface area contributed by atoms with Crippen LogP contribution in [0, 0.1) is 0 Å². The highest BCUT2D eigenvalue weighted by molar-refractivity contribution is 6.33. The number of carbonyl (C=O) groups is 1. The SMILES string of the molecule is CC(/C=C/C=C/c1ccccc1)=N/NC(=O)c1ccccc1Cl. The second kappa shape index (κ2) is 8.71. The van der Waals surface area contributed by atoms with Gasteiger partial charge in [-0.15, -0.1) is 0 Å². The van der Waals surface area contributed by atoms with Crippen molar-refractivity contribution in [2.45, 2.75) is 6.92 Å². The summed E-state index contributed by atoms with van der Waals surface area (Å²) in [5, 5.41) is 4.43. The minimum Gasteiger partial charge on any atom is -0.267 e. The molecule has 0 fully saturated rings. The minimum absolute atomic E-state index is 0.330. The van der Waals surface area contributed by atoms with E-state index in [9.17, 15) is 4.79 Å². The first-order chi connectivity index (χ1) is 11.2. The molecule has 2 aromatic carbocycles. The Labute approximate surface area is 141 Å². The van der Waals surface area contributed by atoms with Gasteiger partial charge >= 0.3 is 0 Å². The number of nitrogens with one attached hydrogen (secondary N) is 1. The van der Waals surface area contributed by atoms with Gasteiger partial charge < -0.3 is 0 Å². The fraction of sp³-hybridized carbons (Fsp3) is 0.0526. The lowest BCUT2D eigenvalue weighted by Gasteiger charge is -2.02. The molecule has 2 aromatic rings. The normalized spacial score (nSPS) is 12.0. The summed E-state index contributed by atoms with van der Waals surface area (Å²) < 4.78 is 0. The summed E-state index contributed by atoms with van der Waals surface area (Å²) in [7, 11) is 0. The molecule has 3 nitrogen and oxygen atoms in total.